The first-order valence-corrected chi connectivity index (χ1v) is 10.3. The molecule has 0 spiro atoms. The lowest BCUT2D eigenvalue weighted by atomic mass is 10.2. The maximum atomic E-state index is 12.0. The number of rotatable bonds is 8. The van der Waals surface area contributed by atoms with Crippen LogP contribution in [0, 0.1) is 5.92 Å². The van der Waals surface area contributed by atoms with Gasteiger partial charge in [-0.2, -0.15) is 0 Å². The van der Waals surface area contributed by atoms with Gasteiger partial charge in [0.25, 0.3) is 0 Å². The number of carbonyl (C=O) groups excluding carboxylic acids is 1. The summed E-state index contributed by atoms with van der Waals surface area (Å²) in [5.41, 5.74) is 1.04. The van der Waals surface area contributed by atoms with Crippen molar-refractivity contribution in [2.24, 2.45) is 5.92 Å². The van der Waals surface area contributed by atoms with Gasteiger partial charge in [-0.25, -0.2) is 4.98 Å². The van der Waals surface area contributed by atoms with Crippen LogP contribution >= 0.6 is 11.3 Å². The van der Waals surface area contributed by atoms with E-state index in [1.54, 1.807) is 11.3 Å². The number of ether oxygens (including phenoxy) is 2. The van der Waals surface area contributed by atoms with E-state index in [-0.39, 0.29) is 12.1 Å². The molecule has 0 N–H and O–H groups in total. The summed E-state index contributed by atoms with van der Waals surface area (Å²) in [6.07, 6.45) is 2.01. The maximum Gasteiger partial charge on any atom is 0.305 e. The van der Waals surface area contributed by atoms with E-state index in [9.17, 15) is 4.79 Å². The molecule has 1 fully saturated rings. The molecule has 0 radical (unpaired) electrons. The van der Waals surface area contributed by atoms with E-state index in [4.69, 9.17) is 9.47 Å². The van der Waals surface area contributed by atoms with Crippen LogP contribution in [0.4, 0.5) is 0 Å². The number of para-hydroxylation sites is 1. The Hall–Kier alpha value is -1.50. The van der Waals surface area contributed by atoms with E-state index >= 15 is 0 Å². The highest BCUT2D eigenvalue weighted by atomic mass is 32.1. The Morgan fingerprint density at radius 1 is 1.42 bits per heavy atom. The molecule has 2 heterocycles. The first-order valence-electron chi connectivity index (χ1n) is 9.44. The van der Waals surface area contributed by atoms with Crippen LogP contribution in [-0.2, 0) is 20.7 Å². The number of hydrogen-bond acceptors (Lipinski definition) is 6. The van der Waals surface area contributed by atoms with Crippen molar-refractivity contribution in [1.82, 2.24) is 9.88 Å². The highest BCUT2D eigenvalue weighted by molar-refractivity contribution is 7.18. The quantitative estimate of drug-likeness (QED) is 0.660. The van der Waals surface area contributed by atoms with Gasteiger partial charge in [-0.05, 0) is 30.9 Å². The van der Waals surface area contributed by atoms with Crippen LogP contribution in [0.1, 0.15) is 31.7 Å². The van der Waals surface area contributed by atoms with Crippen molar-refractivity contribution >= 4 is 27.5 Å². The fourth-order valence-electron chi connectivity index (χ4n) is 3.23. The second-order valence-electron chi connectivity index (χ2n) is 7.26. The van der Waals surface area contributed by atoms with Crippen LogP contribution in [0.25, 0.3) is 10.2 Å². The average molecular weight is 377 g/mol. The van der Waals surface area contributed by atoms with Crippen LogP contribution in [-0.4, -0.2) is 54.8 Å². The molecule has 2 aromatic rings. The fourth-order valence-corrected chi connectivity index (χ4v) is 4.24. The van der Waals surface area contributed by atoms with Crippen LogP contribution in [0.5, 0.6) is 0 Å². The van der Waals surface area contributed by atoms with Crippen molar-refractivity contribution in [3.8, 4) is 0 Å². The number of aromatic nitrogens is 1. The standard InChI is InChI=1S/C20H28N2O3S/c1-15(2)12-22-10-11-24-16(13-22)14-25-20(23)9-5-8-19-21-17-6-3-4-7-18(17)26-19/h3-4,6-7,15-16H,5,8-14H2,1-2H3. The molecule has 3 rings (SSSR count). The van der Waals surface area contributed by atoms with Gasteiger partial charge in [-0.1, -0.05) is 26.0 Å². The molecule has 6 heteroatoms. The predicted octanol–water partition coefficient (Wildman–Crippen LogP) is 3.52. The third kappa shape index (κ3) is 5.76. The molecule has 0 bridgehead atoms. The summed E-state index contributed by atoms with van der Waals surface area (Å²) >= 11 is 1.70. The van der Waals surface area contributed by atoms with Gasteiger partial charge in [0, 0.05) is 26.1 Å². The zero-order valence-corrected chi connectivity index (χ0v) is 16.5. The molecule has 1 saturated heterocycles. The molecule has 1 unspecified atom stereocenters. The second-order valence-corrected chi connectivity index (χ2v) is 8.37. The third-order valence-electron chi connectivity index (χ3n) is 4.39. The number of nitrogens with zero attached hydrogens (tertiary/aromatic N) is 2. The minimum absolute atomic E-state index is 0.00397. The second kappa shape index (κ2) is 9.44. The molecular formula is C20H28N2O3S. The van der Waals surface area contributed by atoms with Crippen molar-refractivity contribution < 1.29 is 14.3 Å². The van der Waals surface area contributed by atoms with Crippen molar-refractivity contribution in [2.45, 2.75) is 39.2 Å². The topological polar surface area (TPSA) is 51.7 Å². The average Bonchev–Trinajstić information content (AvgIpc) is 3.02. The Morgan fingerprint density at radius 3 is 3.08 bits per heavy atom. The van der Waals surface area contributed by atoms with Crippen LogP contribution in [0.15, 0.2) is 24.3 Å². The van der Waals surface area contributed by atoms with E-state index in [1.165, 1.54) is 4.70 Å². The first kappa shape index (κ1) is 19.3. The highest BCUT2D eigenvalue weighted by Gasteiger charge is 2.22. The Morgan fingerprint density at radius 2 is 2.27 bits per heavy atom. The lowest BCUT2D eigenvalue weighted by molar-refractivity contribution is -0.150. The van der Waals surface area contributed by atoms with Gasteiger partial charge < -0.3 is 9.47 Å². The monoisotopic (exact) mass is 376 g/mol. The van der Waals surface area contributed by atoms with E-state index < -0.39 is 0 Å². The highest BCUT2D eigenvalue weighted by Crippen LogP contribution is 2.22. The van der Waals surface area contributed by atoms with Gasteiger partial charge in [-0.15, -0.1) is 11.3 Å². The minimum atomic E-state index is -0.143. The number of thiazole rings is 1. The molecule has 1 aliphatic heterocycles. The van der Waals surface area contributed by atoms with Crippen LogP contribution in [0.3, 0.4) is 0 Å². The summed E-state index contributed by atoms with van der Waals surface area (Å²) in [7, 11) is 0. The van der Waals surface area contributed by atoms with Crippen LogP contribution in [0.2, 0.25) is 0 Å². The third-order valence-corrected chi connectivity index (χ3v) is 5.48. The van der Waals surface area contributed by atoms with E-state index in [1.807, 2.05) is 18.2 Å². The number of benzene rings is 1. The largest absolute Gasteiger partial charge is 0.463 e. The molecule has 1 aromatic carbocycles. The predicted molar refractivity (Wildman–Crippen MR) is 105 cm³/mol. The fraction of sp³-hybridized carbons (Fsp3) is 0.600. The number of morpholine rings is 1. The van der Waals surface area contributed by atoms with Gasteiger partial charge >= 0.3 is 5.97 Å². The lowest BCUT2D eigenvalue weighted by Gasteiger charge is -2.33. The molecule has 0 saturated carbocycles. The van der Waals surface area contributed by atoms with Gasteiger partial charge in [-0.3, -0.25) is 9.69 Å². The SMILES string of the molecule is CC(C)CN1CCOC(COC(=O)CCCc2nc3ccccc3s2)C1. The molecule has 1 aliphatic rings. The Balaban J connectivity index is 1.35. The minimum Gasteiger partial charge on any atom is -0.463 e. The summed E-state index contributed by atoms with van der Waals surface area (Å²) in [5, 5.41) is 1.08. The van der Waals surface area contributed by atoms with E-state index in [0.717, 1.165) is 43.0 Å². The van der Waals surface area contributed by atoms with Gasteiger partial charge in [0.1, 0.15) is 12.7 Å². The summed E-state index contributed by atoms with van der Waals surface area (Å²) in [4.78, 5) is 19.0. The molecular weight excluding hydrogens is 348 g/mol. The van der Waals surface area contributed by atoms with Crippen molar-refractivity contribution in [2.75, 3.05) is 32.8 Å². The zero-order chi connectivity index (χ0) is 18.4. The molecule has 26 heavy (non-hydrogen) atoms. The molecule has 5 nitrogen and oxygen atoms in total. The summed E-state index contributed by atoms with van der Waals surface area (Å²) in [5.74, 6) is 0.495. The summed E-state index contributed by atoms with van der Waals surface area (Å²) < 4.78 is 12.3. The number of esters is 1. The summed E-state index contributed by atoms with van der Waals surface area (Å²) in [6, 6.07) is 8.13. The van der Waals surface area contributed by atoms with Gasteiger partial charge in [0.15, 0.2) is 0 Å². The molecule has 1 aromatic heterocycles. The van der Waals surface area contributed by atoms with E-state index in [0.29, 0.717) is 25.6 Å². The normalized spacial score (nSPS) is 18.5. The Bertz CT molecular complexity index is 683. The molecule has 0 amide bonds. The van der Waals surface area contributed by atoms with E-state index in [2.05, 4.69) is 29.8 Å². The molecule has 142 valence electrons. The number of hydrogen-bond donors (Lipinski definition) is 0. The van der Waals surface area contributed by atoms with Crippen LogP contribution < -0.4 is 0 Å². The van der Waals surface area contributed by atoms with Crippen molar-refractivity contribution in [1.29, 1.82) is 0 Å². The van der Waals surface area contributed by atoms with Crippen molar-refractivity contribution in [3.05, 3.63) is 29.3 Å². The summed E-state index contributed by atoms with van der Waals surface area (Å²) in [6.45, 7) is 8.38. The van der Waals surface area contributed by atoms with Gasteiger partial charge in [0.05, 0.1) is 21.8 Å². The smallest absolute Gasteiger partial charge is 0.305 e. The molecule has 0 aliphatic carbocycles. The van der Waals surface area contributed by atoms with Crippen molar-refractivity contribution in [3.63, 3.8) is 0 Å². The number of fused-ring (bicyclic) bond motifs is 1. The number of carbonyl (C=O) groups is 1. The van der Waals surface area contributed by atoms with Gasteiger partial charge in [0.2, 0.25) is 0 Å². The number of aryl methyl sites for hydroxylation is 1. The first-order chi connectivity index (χ1) is 12.6. The zero-order valence-electron chi connectivity index (χ0n) is 15.6. The Labute approximate surface area is 159 Å². The maximum absolute atomic E-state index is 12.0. The Kier molecular flexibility index (Phi) is 7.00. The lowest BCUT2D eigenvalue weighted by Crippen LogP contribution is -2.45. The molecule has 1 atom stereocenters.